The second kappa shape index (κ2) is 7.95. The van der Waals surface area contributed by atoms with Crippen LogP contribution in [0, 0.1) is 0 Å². The summed E-state index contributed by atoms with van der Waals surface area (Å²) in [7, 11) is 0. The molecular weight excluding hydrogens is 280 g/mol. The van der Waals surface area contributed by atoms with Gasteiger partial charge in [0.15, 0.2) is 23.2 Å². The van der Waals surface area contributed by atoms with Crippen LogP contribution < -0.4 is 26.4 Å². The van der Waals surface area contributed by atoms with Crippen LogP contribution in [0.4, 0.5) is 0 Å². The summed E-state index contributed by atoms with van der Waals surface area (Å²) in [6, 6.07) is 5.12. The van der Waals surface area contributed by atoms with Crippen LogP contribution >= 0.6 is 12.2 Å². The summed E-state index contributed by atoms with van der Waals surface area (Å²) in [5, 5.41) is 3.91. The summed E-state index contributed by atoms with van der Waals surface area (Å²) in [6.07, 6.45) is 1.53. The lowest BCUT2D eigenvalue weighted by molar-refractivity contribution is -0.119. The number of primary amides is 1. The van der Waals surface area contributed by atoms with Crippen molar-refractivity contribution < 1.29 is 14.3 Å². The largest absolute Gasteiger partial charge is 0.490 e. The molecule has 1 amide bonds. The van der Waals surface area contributed by atoms with Crippen molar-refractivity contribution in [3.05, 3.63) is 23.8 Å². The van der Waals surface area contributed by atoms with Crippen LogP contribution in [0.1, 0.15) is 12.5 Å². The average Bonchev–Trinajstić information content (AvgIpc) is 2.37. The Labute approximate surface area is 121 Å². The predicted molar refractivity (Wildman–Crippen MR) is 79.8 cm³/mol. The third-order valence-corrected chi connectivity index (χ3v) is 2.12. The summed E-state index contributed by atoms with van der Waals surface area (Å²) < 4.78 is 10.7. The number of carbonyl (C=O) groups is 1. The Balaban J connectivity index is 2.85. The van der Waals surface area contributed by atoms with Crippen molar-refractivity contribution in [2.75, 3.05) is 13.2 Å². The molecule has 0 heterocycles. The molecule has 0 radical (unpaired) electrons. The van der Waals surface area contributed by atoms with Crippen LogP contribution in [0.3, 0.4) is 0 Å². The first-order valence-corrected chi connectivity index (χ1v) is 6.20. The van der Waals surface area contributed by atoms with Gasteiger partial charge >= 0.3 is 0 Å². The quantitative estimate of drug-likeness (QED) is 0.374. The molecule has 8 heteroatoms. The molecule has 7 nitrogen and oxygen atoms in total. The standard InChI is InChI=1S/C12H16N4O3S/c1-2-18-10-5-8(6-15-16-12(14)20)3-4-9(10)19-7-11(13)17/h3-6H,2,7H2,1H3,(H2,13,17)(H3,14,16,20). The number of amides is 1. The minimum absolute atomic E-state index is 0.0766. The van der Waals surface area contributed by atoms with E-state index < -0.39 is 5.91 Å². The van der Waals surface area contributed by atoms with Crippen molar-refractivity contribution in [2.45, 2.75) is 6.92 Å². The third kappa shape index (κ3) is 5.53. The second-order valence-electron chi connectivity index (χ2n) is 3.63. The maximum Gasteiger partial charge on any atom is 0.255 e. The summed E-state index contributed by atoms with van der Waals surface area (Å²) in [6.45, 7) is 2.09. The van der Waals surface area contributed by atoms with Gasteiger partial charge in [-0.15, -0.1) is 0 Å². The van der Waals surface area contributed by atoms with Gasteiger partial charge in [0, 0.05) is 0 Å². The monoisotopic (exact) mass is 296 g/mol. The lowest BCUT2D eigenvalue weighted by Crippen LogP contribution is -2.24. The Morgan fingerprint density at radius 3 is 2.75 bits per heavy atom. The molecule has 0 bridgehead atoms. The molecule has 0 atom stereocenters. The van der Waals surface area contributed by atoms with Crippen LogP contribution in [-0.2, 0) is 4.79 Å². The van der Waals surface area contributed by atoms with Crippen LogP contribution in [0.15, 0.2) is 23.3 Å². The van der Waals surface area contributed by atoms with Crippen molar-refractivity contribution in [1.29, 1.82) is 0 Å². The minimum Gasteiger partial charge on any atom is -0.490 e. The summed E-state index contributed by atoms with van der Waals surface area (Å²) in [4.78, 5) is 10.7. The fourth-order valence-electron chi connectivity index (χ4n) is 1.31. The van der Waals surface area contributed by atoms with Crippen molar-refractivity contribution in [3.8, 4) is 11.5 Å². The van der Waals surface area contributed by atoms with Gasteiger partial charge in [0.25, 0.3) is 5.91 Å². The summed E-state index contributed by atoms with van der Waals surface area (Å²) >= 11 is 4.62. The molecular formula is C12H16N4O3S. The molecule has 1 aromatic carbocycles. The Bertz CT molecular complexity index is 519. The highest BCUT2D eigenvalue weighted by Crippen LogP contribution is 2.27. The van der Waals surface area contributed by atoms with Gasteiger partial charge in [-0.25, -0.2) is 0 Å². The van der Waals surface area contributed by atoms with E-state index in [-0.39, 0.29) is 11.7 Å². The van der Waals surface area contributed by atoms with Gasteiger partial charge in [0.05, 0.1) is 12.8 Å². The highest BCUT2D eigenvalue weighted by atomic mass is 32.1. The SMILES string of the molecule is CCOc1cc(C=NNC(N)=S)ccc1OCC(N)=O. The minimum atomic E-state index is -0.557. The zero-order valence-electron chi connectivity index (χ0n) is 11.0. The lowest BCUT2D eigenvalue weighted by atomic mass is 10.2. The van der Waals surface area contributed by atoms with Gasteiger partial charge < -0.3 is 20.9 Å². The molecule has 0 saturated heterocycles. The van der Waals surface area contributed by atoms with Crippen molar-refractivity contribution in [1.82, 2.24) is 5.43 Å². The van der Waals surface area contributed by atoms with Gasteiger partial charge in [-0.3, -0.25) is 10.2 Å². The van der Waals surface area contributed by atoms with Gasteiger partial charge in [0.2, 0.25) is 0 Å². The number of nitrogens with two attached hydrogens (primary N) is 2. The van der Waals surface area contributed by atoms with Crippen molar-refractivity contribution in [2.24, 2.45) is 16.6 Å². The smallest absolute Gasteiger partial charge is 0.255 e. The molecule has 0 aliphatic carbocycles. The lowest BCUT2D eigenvalue weighted by Gasteiger charge is -2.11. The molecule has 1 rings (SSSR count). The van der Waals surface area contributed by atoms with Crippen LogP contribution in [0.25, 0.3) is 0 Å². The van der Waals surface area contributed by atoms with Crippen molar-refractivity contribution in [3.63, 3.8) is 0 Å². The molecule has 0 aromatic heterocycles. The van der Waals surface area contributed by atoms with E-state index in [2.05, 4.69) is 22.7 Å². The Morgan fingerprint density at radius 2 is 2.15 bits per heavy atom. The predicted octanol–water partition coefficient (Wildman–Crippen LogP) is 0.117. The number of hydrogen-bond acceptors (Lipinski definition) is 5. The number of nitrogens with zero attached hydrogens (tertiary/aromatic N) is 1. The normalized spacial score (nSPS) is 10.2. The molecule has 5 N–H and O–H groups in total. The third-order valence-electron chi connectivity index (χ3n) is 2.03. The van der Waals surface area contributed by atoms with E-state index in [0.717, 1.165) is 5.56 Å². The summed E-state index contributed by atoms with van der Waals surface area (Å²) in [5.74, 6) is 0.372. The number of hydrogen-bond donors (Lipinski definition) is 3. The molecule has 0 aliphatic rings. The summed E-state index contributed by atoms with van der Waals surface area (Å²) in [5.41, 5.74) is 13.5. The Hall–Kier alpha value is -2.35. The molecule has 0 fully saturated rings. The topological polar surface area (TPSA) is 112 Å². The molecule has 0 unspecified atom stereocenters. The Kier molecular flexibility index (Phi) is 6.24. The molecule has 1 aromatic rings. The first-order chi connectivity index (χ1) is 9.52. The molecule has 0 saturated carbocycles. The number of nitrogens with one attached hydrogen (secondary N) is 1. The van der Waals surface area contributed by atoms with E-state index >= 15 is 0 Å². The van der Waals surface area contributed by atoms with Gasteiger partial charge in [-0.2, -0.15) is 5.10 Å². The molecule has 0 aliphatic heterocycles. The Morgan fingerprint density at radius 1 is 1.40 bits per heavy atom. The highest BCUT2D eigenvalue weighted by molar-refractivity contribution is 7.80. The number of ether oxygens (including phenoxy) is 2. The molecule has 0 spiro atoms. The fourth-order valence-corrected chi connectivity index (χ4v) is 1.36. The zero-order valence-corrected chi connectivity index (χ0v) is 11.8. The maximum atomic E-state index is 10.7. The van der Waals surface area contributed by atoms with E-state index in [1.807, 2.05) is 6.92 Å². The van der Waals surface area contributed by atoms with E-state index in [0.29, 0.717) is 18.1 Å². The van der Waals surface area contributed by atoms with E-state index in [1.54, 1.807) is 18.2 Å². The van der Waals surface area contributed by atoms with E-state index in [4.69, 9.17) is 20.9 Å². The number of benzene rings is 1. The van der Waals surface area contributed by atoms with Crippen LogP contribution in [0.2, 0.25) is 0 Å². The van der Waals surface area contributed by atoms with E-state index in [9.17, 15) is 4.79 Å². The number of carbonyl (C=O) groups excluding carboxylic acids is 1. The highest BCUT2D eigenvalue weighted by Gasteiger charge is 2.07. The van der Waals surface area contributed by atoms with Gasteiger partial charge in [-0.1, -0.05) is 0 Å². The fraction of sp³-hybridized carbons (Fsp3) is 0.250. The first-order valence-electron chi connectivity index (χ1n) is 5.79. The zero-order chi connectivity index (χ0) is 15.0. The van der Waals surface area contributed by atoms with E-state index in [1.165, 1.54) is 6.21 Å². The number of rotatable bonds is 7. The van der Waals surface area contributed by atoms with Gasteiger partial charge in [0.1, 0.15) is 0 Å². The second-order valence-corrected chi connectivity index (χ2v) is 4.07. The van der Waals surface area contributed by atoms with Crippen LogP contribution in [0.5, 0.6) is 11.5 Å². The van der Waals surface area contributed by atoms with Crippen LogP contribution in [-0.4, -0.2) is 30.4 Å². The number of thiocarbonyl (C=S) groups is 1. The van der Waals surface area contributed by atoms with Crippen molar-refractivity contribution >= 4 is 29.5 Å². The van der Waals surface area contributed by atoms with Gasteiger partial charge in [-0.05, 0) is 42.9 Å². The number of hydrazone groups is 1. The molecule has 108 valence electrons. The molecule has 20 heavy (non-hydrogen) atoms. The maximum absolute atomic E-state index is 10.7. The average molecular weight is 296 g/mol. The first kappa shape index (κ1) is 15.7.